The SMILES string of the molecule is CCN(C(=O)c1cc(C#N)c[nH]1)[C@H](C)Cc1ccc(OC)cc1. The average Bonchev–Trinajstić information content (AvgIpc) is 3.05. The van der Waals surface area contributed by atoms with E-state index < -0.39 is 0 Å². The Labute approximate surface area is 136 Å². The Morgan fingerprint density at radius 1 is 1.39 bits per heavy atom. The maximum Gasteiger partial charge on any atom is 0.270 e. The highest BCUT2D eigenvalue weighted by Crippen LogP contribution is 2.16. The van der Waals surface area contributed by atoms with Crippen LogP contribution in [-0.4, -0.2) is 35.5 Å². The van der Waals surface area contributed by atoms with Gasteiger partial charge in [-0.05, 0) is 44.0 Å². The zero-order valence-corrected chi connectivity index (χ0v) is 13.7. The van der Waals surface area contributed by atoms with Gasteiger partial charge in [0.05, 0.1) is 12.7 Å². The fourth-order valence-electron chi connectivity index (χ4n) is 2.61. The second kappa shape index (κ2) is 7.50. The number of benzene rings is 1. The van der Waals surface area contributed by atoms with Crippen molar-refractivity contribution in [2.45, 2.75) is 26.3 Å². The fraction of sp³-hybridized carbons (Fsp3) is 0.333. The molecule has 1 aromatic carbocycles. The van der Waals surface area contributed by atoms with E-state index in [1.165, 1.54) is 0 Å². The molecule has 1 aromatic heterocycles. The van der Waals surface area contributed by atoms with Crippen LogP contribution in [0.2, 0.25) is 0 Å². The molecule has 2 aromatic rings. The Morgan fingerprint density at radius 3 is 2.61 bits per heavy atom. The monoisotopic (exact) mass is 311 g/mol. The predicted octanol–water partition coefficient (Wildman–Crippen LogP) is 2.99. The molecule has 1 heterocycles. The minimum absolute atomic E-state index is 0.0507. The number of ether oxygens (including phenoxy) is 1. The first-order valence-corrected chi connectivity index (χ1v) is 7.61. The molecule has 23 heavy (non-hydrogen) atoms. The molecule has 5 heteroatoms. The number of hydrogen-bond acceptors (Lipinski definition) is 3. The number of H-pyrrole nitrogens is 1. The predicted molar refractivity (Wildman–Crippen MR) is 88.4 cm³/mol. The summed E-state index contributed by atoms with van der Waals surface area (Å²) in [7, 11) is 1.64. The van der Waals surface area contributed by atoms with Gasteiger partial charge in [0.1, 0.15) is 17.5 Å². The summed E-state index contributed by atoms with van der Waals surface area (Å²) < 4.78 is 5.16. The van der Waals surface area contributed by atoms with E-state index in [-0.39, 0.29) is 11.9 Å². The third kappa shape index (κ3) is 3.92. The first-order chi connectivity index (χ1) is 11.1. The second-order valence-corrected chi connectivity index (χ2v) is 5.41. The van der Waals surface area contributed by atoms with Crippen LogP contribution in [0.1, 0.15) is 35.5 Å². The molecular weight excluding hydrogens is 290 g/mol. The van der Waals surface area contributed by atoms with Crippen LogP contribution in [0.25, 0.3) is 0 Å². The average molecular weight is 311 g/mol. The molecule has 0 bridgehead atoms. The van der Waals surface area contributed by atoms with Crippen molar-refractivity contribution in [3.05, 3.63) is 53.3 Å². The molecule has 1 amide bonds. The highest BCUT2D eigenvalue weighted by molar-refractivity contribution is 5.93. The van der Waals surface area contributed by atoms with Crippen molar-refractivity contribution in [1.82, 2.24) is 9.88 Å². The van der Waals surface area contributed by atoms with E-state index in [1.54, 1.807) is 24.3 Å². The van der Waals surface area contributed by atoms with Crippen molar-refractivity contribution in [3.8, 4) is 11.8 Å². The summed E-state index contributed by atoms with van der Waals surface area (Å²) in [5.74, 6) is 0.732. The molecule has 0 saturated heterocycles. The van der Waals surface area contributed by atoms with Crippen molar-refractivity contribution in [1.29, 1.82) is 5.26 Å². The Hall–Kier alpha value is -2.74. The Kier molecular flexibility index (Phi) is 5.42. The molecule has 0 spiro atoms. The van der Waals surface area contributed by atoms with E-state index in [2.05, 4.69) is 4.98 Å². The number of nitriles is 1. The van der Waals surface area contributed by atoms with Gasteiger partial charge in [0, 0.05) is 18.8 Å². The lowest BCUT2D eigenvalue weighted by molar-refractivity contribution is 0.0698. The fourth-order valence-corrected chi connectivity index (χ4v) is 2.61. The molecule has 120 valence electrons. The van der Waals surface area contributed by atoms with Crippen LogP contribution in [-0.2, 0) is 6.42 Å². The molecule has 0 saturated carbocycles. The summed E-state index contributed by atoms with van der Waals surface area (Å²) in [6.45, 7) is 4.59. The van der Waals surface area contributed by atoms with E-state index >= 15 is 0 Å². The summed E-state index contributed by atoms with van der Waals surface area (Å²) in [4.78, 5) is 17.3. The maximum atomic E-state index is 12.6. The van der Waals surface area contributed by atoms with E-state index in [0.717, 1.165) is 17.7 Å². The first-order valence-electron chi connectivity index (χ1n) is 7.61. The minimum Gasteiger partial charge on any atom is -0.497 e. The van der Waals surface area contributed by atoms with Gasteiger partial charge >= 0.3 is 0 Å². The lowest BCUT2D eigenvalue weighted by atomic mass is 10.1. The van der Waals surface area contributed by atoms with Gasteiger partial charge in [-0.15, -0.1) is 0 Å². The van der Waals surface area contributed by atoms with Crippen LogP contribution in [0.15, 0.2) is 36.5 Å². The lowest BCUT2D eigenvalue weighted by Gasteiger charge is -2.28. The molecule has 0 fully saturated rings. The van der Waals surface area contributed by atoms with E-state index in [4.69, 9.17) is 10.00 Å². The number of aromatic nitrogens is 1. The van der Waals surface area contributed by atoms with Gasteiger partial charge in [-0.3, -0.25) is 4.79 Å². The summed E-state index contributed by atoms with van der Waals surface area (Å²) in [5, 5.41) is 8.87. The number of hydrogen-bond donors (Lipinski definition) is 1. The van der Waals surface area contributed by atoms with Crippen LogP contribution < -0.4 is 4.74 Å². The van der Waals surface area contributed by atoms with Crippen molar-refractivity contribution in [2.24, 2.45) is 0 Å². The quantitative estimate of drug-likeness (QED) is 0.891. The van der Waals surface area contributed by atoms with Crippen LogP contribution in [0.5, 0.6) is 5.75 Å². The number of nitrogens with zero attached hydrogens (tertiary/aromatic N) is 2. The highest BCUT2D eigenvalue weighted by atomic mass is 16.5. The number of nitrogens with one attached hydrogen (secondary N) is 1. The summed E-state index contributed by atoms with van der Waals surface area (Å²) >= 11 is 0. The highest BCUT2D eigenvalue weighted by Gasteiger charge is 2.21. The number of aromatic amines is 1. The summed E-state index contributed by atoms with van der Waals surface area (Å²) in [6.07, 6.45) is 2.31. The van der Waals surface area contributed by atoms with Gasteiger partial charge in [0.15, 0.2) is 0 Å². The number of carbonyl (C=O) groups excluding carboxylic acids is 1. The van der Waals surface area contributed by atoms with Crippen LogP contribution in [0.4, 0.5) is 0 Å². The molecule has 0 aliphatic carbocycles. The topological polar surface area (TPSA) is 69.1 Å². The number of carbonyl (C=O) groups is 1. The minimum atomic E-state index is -0.0880. The van der Waals surface area contributed by atoms with Crippen LogP contribution in [0.3, 0.4) is 0 Å². The van der Waals surface area contributed by atoms with Gasteiger partial charge in [-0.1, -0.05) is 12.1 Å². The zero-order chi connectivity index (χ0) is 16.8. The molecular formula is C18H21N3O2. The van der Waals surface area contributed by atoms with Crippen LogP contribution in [0, 0.1) is 11.3 Å². The molecule has 0 unspecified atom stereocenters. The largest absolute Gasteiger partial charge is 0.497 e. The van der Waals surface area contributed by atoms with Gasteiger partial charge in [0.25, 0.3) is 5.91 Å². The van der Waals surface area contributed by atoms with E-state index in [9.17, 15) is 4.79 Å². The first kappa shape index (κ1) is 16.6. The maximum absolute atomic E-state index is 12.6. The Morgan fingerprint density at radius 2 is 2.09 bits per heavy atom. The lowest BCUT2D eigenvalue weighted by Crippen LogP contribution is -2.39. The third-order valence-electron chi connectivity index (χ3n) is 3.87. The number of amides is 1. The number of methoxy groups -OCH3 is 1. The summed E-state index contributed by atoms with van der Waals surface area (Å²) in [6, 6.07) is 11.5. The second-order valence-electron chi connectivity index (χ2n) is 5.41. The van der Waals surface area contributed by atoms with Crippen molar-refractivity contribution < 1.29 is 9.53 Å². The molecule has 5 nitrogen and oxygen atoms in total. The van der Waals surface area contributed by atoms with Gasteiger partial charge in [0.2, 0.25) is 0 Å². The Bertz CT molecular complexity index is 698. The molecule has 1 atom stereocenters. The normalized spacial score (nSPS) is 11.6. The molecule has 0 aliphatic rings. The molecule has 0 aliphatic heterocycles. The standard InChI is InChI=1S/C18H21N3O2/c1-4-21(18(22)17-10-15(11-19)12-20-17)13(2)9-14-5-7-16(23-3)8-6-14/h5-8,10,12-13,20H,4,9H2,1-3H3/t13-/m1/s1. The van der Waals surface area contributed by atoms with Crippen molar-refractivity contribution >= 4 is 5.91 Å². The van der Waals surface area contributed by atoms with E-state index in [0.29, 0.717) is 17.8 Å². The summed E-state index contributed by atoms with van der Waals surface area (Å²) in [5.41, 5.74) is 2.06. The molecule has 1 N–H and O–H groups in total. The number of rotatable bonds is 6. The smallest absolute Gasteiger partial charge is 0.270 e. The van der Waals surface area contributed by atoms with Gasteiger partial charge in [-0.25, -0.2) is 0 Å². The van der Waals surface area contributed by atoms with Crippen molar-refractivity contribution in [2.75, 3.05) is 13.7 Å². The van der Waals surface area contributed by atoms with Gasteiger partial charge in [-0.2, -0.15) is 5.26 Å². The Balaban J connectivity index is 2.09. The van der Waals surface area contributed by atoms with Crippen molar-refractivity contribution in [3.63, 3.8) is 0 Å². The third-order valence-corrected chi connectivity index (χ3v) is 3.87. The molecule has 0 radical (unpaired) electrons. The van der Waals surface area contributed by atoms with Gasteiger partial charge < -0.3 is 14.6 Å². The molecule has 2 rings (SSSR count). The number of likely N-dealkylation sites (N-methyl/N-ethyl adjacent to an activating group) is 1. The zero-order valence-electron chi connectivity index (χ0n) is 13.7. The van der Waals surface area contributed by atoms with E-state index in [1.807, 2.05) is 44.2 Å². The van der Waals surface area contributed by atoms with Crippen LogP contribution >= 0.6 is 0 Å².